The molecule has 1 heterocycles. The lowest BCUT2D eigenvalue weighted by molar-refractivity contribution is 1.13. The molecule has 0 atom stereocenters. The van der Waals surface area contributed by atoms with Crippen molar-refractivity contribution in [2.75, 3.05) is 0 Å². The lowest BCUT2D eigenvalue weighted by Gasteiger charge is -1.97. The van der Waals surface area contributed by atoms with E-state index in [0.29, 0.717) is 0 Å². The zero-order valence-electron chi connectivity index (χ0n) is 7.18. The lowest BCUT2D eigenvalue weighted by atomic mass is 10.1. The topological polar surface area (TPSA) is 15.8 Å². The number of aromatic nitrogens is 1. The summed E-state index contributed by atoms with van der Waals surface area (Å²) in [5, 5.41) is 1.28. The molecule has 1 N–H and O–H groups in total. The molecular weight excluding hydrogens is 226 g/mol. The first-order chi connectivity index (χ1) is 6.34. The molecule has 0 radical (unpaired) electrons. The van der Waals surface area contributed by atoms with Crippen LogP contribution >= 0.6 is 15.9 Å². The smallest absolute Gasteiger partial charge is 0.0468 e. The van der Waals surface area contributed by atoms with E-state index < -0.39 is 0 Å². The van der Waals surface area contributed by atoms with Gasteiger partial charge in [0.2, 0.25) is 0 Å². The van der Waals surface area contributed by atoms with Gasteiger partial charge in [0.15, 0.2) is 0 Å². The maximum atomic E-state index is 3.51. The van der Waals surface area contributed by atoms with E-state index >= 15 is 0 Å². The third-order valence-corrected chi connectivity index (χ3v) is 3.36. The first-order valence-electron chi connectivity index (χ1n) is 4.61. The molecule has 1 fully saturated rings. The van der Waals surface area contributed by atoms with Crippen LogP contribution in [0.4, 0.5) is 0 Å². The molecule has 1 aromatic carbocycles. The number of rotatable bonds is 1. The molecule has 1 nitrogen and oxygen atoms in total. The summed E-state index contributed by atoms with van der Waals surface area (Å²) in [4.78, 5) is 3.26. The highest BCUT2D eigenvalue weighted by atomic mass is 79.9. The van der Waals surface area contributed by atoms with Crippen molar-refractivity contribution in [1.29, 1.82) is 0 Å². The van der Waals surface area contributed by atoms with Crippen molar-refractivity contribution in [3.05, 3.63) is 34.4 Å². The van der Waals surface area contributed by atoms with Crippen LogP contribution in [-0.2, 0) is 0 Å². The van der Waals surface area contributed by atoms with Gasteiger partial charge < -0.3 is 4.98 Å². The van der Waals surface area contributed by atoms with Crippen molar-refractivity contribution in [2.24, 2.45) is 0 Å². The van der Waals surface area contributed by atoms with Gasteiger partial charge in [0.25, 0.3) is 0 Å². The predicted molar refractivity (Wildman–Crippen MR) is 58.0 cm³/mol. The first-order valence-corrected chi connectivity index (χ1v) is 5.40. The number of H-pyrrole nitrogens is 1. The largest absolute Gasteiger partial charge is 0.360 e. The summed E-state index contributed by atoms with van der Waals surface area (Å²) in [7, 11) is 0. The van der Waals surface area contributed by atoms with E-state index in [1.165, 1.54) is 29.3 Å². The van der Waals surface area contributed by atoms with Gasteiger partial charge in [0, 0.05) is 21.6 Å². The fourth-order valence-electron chi connectivity index (χ4n) is 1.78. The number of fused-ring (bicyclic) bond motifs is 1. The molecule has 66 valence electrons. The fraction of sp³-hybridized carbons (Fsp3) is 0.273. The van der Waals surface area contributed by atoms with E-state index in [9.17, 15) is 0 Å². The van der Waals surface area contributed by atoms with Crippen LogP contribution < -0.4 is 0 Å². The third-order valence-electron chi connectivity index (χ3n) is 2.70. The average Bonchev–Trinajstić information content (AvgIpc) is 2.93. The Hall–Kier alpha value is -0.760. The quantitative estimate of drug-likeness (QED) is 0.774. The Morgan fingerprint density at radius 2 is 2.15 bits per heavy atom. The van der Waals surface area contributed by atoms with Crippen LogP contribution in [-0.4, -0.2) is 4.98 Å². The van der Waals surface area contributed by atoms with E-state index in [1.54, 1.807) is 0 Å². The molecule has 0 aliphatic heterocycles. The number of nitrogens with one attached hydrogen (secondary N) is 1. The van der Waals surface area contributed by atoms with Crippen LogP contribution in [0.25, 0.3) is 10.9 Å². The predicted octanol–water partition coefficient (Wildman–Crippen LogP) is 3.81. The highest BCUT2D eigenvalue weighted by Gasteiger charge is 2.23. The Kier molecular flexibility index (Phi) is 1.53. The Morgan fingerprint density at radius 1 is 1.31 bits per heavy atom. The summed E-state index contributed by atoms with van der Waals surface area (Å²) in [6.45, 7) is 0. The standard InChI is InChI=1S/C11H10BrN/c12-10-6-13-11-5-8(7-1-2-7)3-4-9(10)11/h3-7,13H,1-2H2. The van der Waals surface area contributed by atoms with Crippen molar-refractivity contribution in [3.8, 4) is 0 Å². The Morgan fingerprint density at radius 3 is 2.92 bits per heavy atom. The van der Waals surface area contributed by atoms with Gasteiger partial charge in [-0.25, -0.2) is 0 Å². The zero-order valence-corrected chi connectivity index (χ0v) is 8.76. The second-order valence-electron chi connectivity index (χ2n) is 3.72. The minimum atomic E-state index is 0.839. The van der Waals surface area contributed by atoms with Crippen LogP contribution in [0.2, 0.25) is 0 Å². The summed E-state index contributed by atoms with van der Waals surface area (Å²) in [5.74, 6) is 0.839. The molecule has 0 bridgehead atoms. The molecule has 2 heteroatoms. The van der Waals surface area contributed by atoms with Gasteiger partial charge in [0.05, 0.1) is 0 Å². The zero-order chi connectivity index (χ0) is 8.84. The first kappa shape index (κ1) is 7.63. The molecule has 13 heavy (non-hydrogen) atoms. The number of hydrogen-bond acceptors (Lipinski definition) is 0. The van der Waals surface area contributed by atoms with Crippen molar-refractivity contribution in [3.63, 3.8) is 0 Å². The van der Waals surface area contributed by atoms with Crippen molar-refractivity contribution in [1.82, 2.24) is 4.98 Å². The van der Waals surface area contributed by atoms with Crippen LogP contribution in [0.1, 0.15) is 24.3 Å². The summed E-state index contributed by atoms with van der Waals surface area (Å²) < 4.78 is 1.16. The molecule has 1 aliphatic rings. The van der Waals surface area contributed by atoms with Gasteiger partial charge in [-0.1, -0.05) is 12.1 Å². The van der Waals surface area contributed by atoms with E-state index in [2.05, 4.69) is 39.1 Å². The normalized spacial score (nSPS) is 16.7. The number of aromatic amines is 1. The van der Waals surface area contributed by atoms with Gasteiger partial charge in [0.1, 0.15) is 0 Å². The van der Waals surface area contributed by atoms with Crippen molar-refractivity contribution < 1.29 is 0 Å². The molecule has 0 saturated heterocycles. The van der Waals surface area contributed by atoms with Gasteiger partial charge >= 0.3 is 0 Å². The SMILES string of the molecule is Brc1c[nH]c2cc(C3CC3)ccc12. The molecule has 0 unspecified atom stereocenters. The Labute approximate surface area is 85.3 Å². The number of benzene rings is 1. The van der Waals surface area contributed by atoms with Gasteiger partial charge in [-0.05, 0) is 46.3 Å². The molecular formula is C11H10BrN. The summed E-state index contributed by atoms with van der Waals surface area (Å²) in [5.41, 5.74) is 2.73. The maximum absolute atomic E-state index is 3.51. The van der Waals surface area contributed by atoms with Gasteiger partial charge in [-0.3, -0.25) is 0 Å². The van der Waals surface area contributed by atoms with Crippen molar-refractivity contribution >= 4 is 26.8 Å². The summed E-state index contributed by atoms with van der Waals surface area (Å²) in [6, 6.07) is 6.72. The lowest BCUT2D eigenvalue weighted by Crippen LogP contribution is -1.77. The third kappa shape index (κ3) is 1.20. The van der Waals surface area contributed by atoms with Crippen LogP contribution in [0, 0.1) is 0 Å². The molecule has 0 spiro atoms. The van der Waals surface area contributed by atoms with Crippen LogP contribution in [0.15, 0.2) is 28.9 Å². The molecule has 2 aromatic rings. The molecule has 0 amide bonds. The Balaban J connectivity index is 2.21. The minimum Gasteiger partial charge on any atom is -0.360 e. The molecule has 3 rings (SSSR count). The van der Waals surface area contributed by atoms with E-state index in [-0.39, 0.29) is 0 Å². The minimum absolute atomic E-state index is 0.839. The monoisotopic (exact) mass is 235 g/mol. The van der Waals surface area contributed by atoms with Gasteiger partial charge in [-0.2, -0.15) is 0 Å². The van der Waals surface area contributed by atoms with E-state index in [0.717, 1.165) is 10.4 Å². The summed E-state index contributed by atoms with van der Waals surface area (Å²) >= 11 is 3.51. The second-order valence-corrected chi connectivity index (χ2v) is 4.57. The Bertz CT molecular complexity index is 454. The highest BCUT2D eigenvalue weighted by Crippen LogP contribution is 2.41. The molecule has 1 saturated carbocycles. The summed E-state index contributed by atoms with van der Waals surface area (Å²) in [6.07, 6.45) is 4.74. The number of halogens is 1. The second kappa shape index (κ2) is 2.61. The van der Waals surface area contributed by atoms with Crippen LogP contribution in [0.5, 0.6) is 0 Å². The molecule has 1 aliphatic carbocycles. The molecule has 1 aromatic heterocycles. The number of hydrogen-bond donors (Lipinski definition) is 1. The van der Waals surface area contributed by atoms with Crippen LogP contribution in [0.3, 0.4) is 0 Å². The average molecular weight is 236 g/mol. The van der Waals surface area contributed by atoms with E-state index in [1.807, 2.05) is 6.20 Å². The van der Waals surface area contributed by atoms with E-state index in [4.69, 9.17) is 0 Å². The highest BCUT2D eigenvalue weighted by molar-refractivity contribution is 9.10. The maximum Gasteiger partial charge on any atom is 0.0468 e. The van der Waals surface area contributed by atoms with Gasteiger partial charge in [-0.15, -0.1) is 0 Å². The fourth-order valence-corrected chi connectivity index (χ4v) is 2.24. The van der Waals surface area contributed by atoms with Crippen molar-refractivity contribution in [2.45, 2.75) is 18.8 Å².